The molecule has 1 heterocycles. The van der Waals surface area contributed by atoms with Gasteiger partial charge in [0.15, 0.2) is 0 Å². The fourth-order valence-electron chi connectivity index (χ4n) is 3.37. The Morgan fingerprint density at radius 2 is 1.61 bits per heavy atom. The maximum atomic E-state index is 12.7. The van der Waals surface area contributed by atoms with Gasteiger partial charge >= 0.3 is 11.7 Å². The minimum Gasteiger partial charge on any atom is -0.462 e. The SMILES string of the molecule is CCOC(=O)c1cccc(Nc2ncnc(Nc3ccc(S(=O)(=O)N(CC)CC)cc3)c2[N+](=O)[O-])c1. The molecule has 3 aromatic rings. The predicted octanol–water partition coefficient (Wildman–Crippen LogP) is 4.08. The number of carbonyl (C=O) groups excluding carboxylic acids is 1. The van der Waals surface area contributed by atoms with Crippen molar-refractivity contribution < 1.29 is 22.9 Å². The number of hydrogen-bond donors (Lipinski definition) is 2. The molecule has 36 heavy (non-hydrogen) atoms. The number of aromatic nitrogens is 2. The smallest absolute Gasteiger partial charge is 0.353 e. The summed E-state index contributed by atoms with van der Waals surface area (Å²) in [6.45, 7) is 6.09. The third-order valence-corrected chi connectivity index (χ3v) is 7.17. The lowest BCUT2D eigenvalue weighted by Gasteiger charge is -2.18. The van der Waals surface area contributed by atoms with Gasteiger partial charge in [-0.25, -0.2) is 23.2 Å². The number of nitrogens with zero attached hydrogens (tertiary/aromatic N) is 4. The Hall–Kier alpha value is -4.10. The molecule has 2 N–H and O–H groups in total. The van der Waals surface area contributed by atoms with E-state index < -0.39 is 26.6 Å². The predicted molar refractivity (Wildman–Crippen MR) is 134 cm³/mol. The van der Waals surface area contributed by atoms with Gasteiger partial charge in [-0.05, 0) is 49.4 Å². The van der Waals surface area contributed by atoms with E-state index in [2.05, 4.69) is 20.6 Å². The first kappa shape index (κ1) is 26.5. The average molecular weight is 515 g/mol. The minimum atomic E-state index is -3.64. The Bertz CT molecular complexity index is 1340. The highest BCUT2D eigenvalue weighted by Gasteiger charge is 2.25. The second-order valence-corrected chi connectivity index (χ2v) is 9.28. The largest absolute Gasteiger partial charge is 0.462 e. The highest BCUT2D eigenvalue weighted by molar-refractivity contribution is 7.89. The van der Waals surface area contributed by atoms with E-state index in [1.807, 2.05) is 0 Å². The van der Waals surface area contributed by atoms with Crippen LogP contribution in [0.15, 0.2) is 59.8 Å². The van der Waals surface area contributed by atoms with Gasteiger partial charge in [0.25, 0.3) is 0 Å². The quantitative estimate of drug-likeness (QED) is 0.217. The van der Waals surface area contributed by atoms with Crippen molar-refractivity contribution in [3.8, 4) is 0 Å². The molecule has 0 aliphatic rings. The summed E-state index contributed by atoms with van der Waals surface area (Å²) >= 11 is 0. The number of nitrogens with one attached hydrogen (secondary N) is 2. The minimum absolute atomic E-state index is 0.0979. The van der Waals surface area contributed by atoms with Gasteiger partial charge in [0.05, 0.1) is 22.0 Å². The molecule has 0 unspecified atom stereocenters. The van der Waals surface area contributed by atoms with Crippen LogP contribution in [0.2, 0.25) is 0 Å². The van der Waals surface area contributed by atoms with E-state index >= 15 is 0 Å². The Balaban J connectivity index is 1.88. The first-order chi connectivity index (χ1) is 17.2. The number of nitro groups is 1. The van der Waals surface area contributed by atoms with Crippen LogP contribution in [0.4, 0.5) is 28.7 Å². The van der Waals surface area contributed by atoms with E-state index in [9.17, 15) is 23.3 Å². The van der Waals surface area contributed by atoms with E-state index in [0.29, 0.717) is 24.5 Å². The normalized spacial score (nSPS) is 11.2. The molecule has 2 aromatic carbocycles. The fraction of sp³-hybridized carbons (Fsp3) is 0.261. The van der Waals surface area contributed by atoms with Crippen LogP contribution in [0, 0.1) is 10.1 Å². The molecule has 0 fully saturated rings. The second kappa shape index (κ2) is 11.6. The van der Waals surface area contributed by atoms with Gasteiger partial charge < -0.3 is 15.4 Å². The molecule has 0 saturated carbocycles. The molecule has 1 aromatic heterocycles. The van der Waals surface area contributed by atoms with Crippen LogP contribution in [0.3, 0.4) is 0 Å². The van der Waals surface area contributed by atoms with E-state index in [1.165, 1.54) is 34.6 Å². The monoisotopic (exact) mass is 514 g/mol. The zero-order valence-electron chi connectivity index (χ0n) is 20.0. The van der Waals surface area contributed by atoms with Crippen molar-refractivity contribution in [2.24, 2.45) is 0 Å². The Morgan fingerprint density at radius 1 is 1.00 bits per heavy atom. The van der Waals surface area contributed by atoms with E-state index in [1.54, 1.807) is 39.0 Å². The molecule has 0 bridgehead atoms. The molecule has 190 valence electrons. The number of esters is 1. The fourth-order valence-corrected chi connectivity index (χ4v) is 4.83. The third kappa shape index (κ3) is 5.93. The second-order valence-electron chi connectivity index (χ2n) is 7.34. The van der Waals surface area contributed by atoms with E-state index in [0.717, 1.165) is 6.33 Å². The summed E-state index contributed by atoms with van der Waals surface area (Å²) in [5, 5.41) is 17.6. The van der Waals surface area contributed by atoms with Crippen molar-refractivity contribution >= 4 is 44.7 Å². The lowest BCUT2D eigenvalue weighted by atomic mass is 10.2. The number of hydrogen-bond acceptors (Lipinski definition) is 10. The Kier molecular flexibility index (Phi) is 8.51. The topological polar surface area (TPSA) is 157 Å². The number of anilines is 4. The number of rotatable bonds is 11. The van der Waals surface area contributed by atoms with Gasteiger partial charge in [0, 0.05) is 24.5 Å². The number of carbonyl (C=O) groups is 1. The highest BCUT2D eigenvalue weighted by atomic mass is 32.2. The van der Waals surface area contributed by atoms with E-state index in [-0.39, 0.29) is 28.7 Å². The number of benzene rings is 2. The van der Waals surface area contributed by atoms with Crippen LogP contribution in [-0.2, 0) is 14.8 Å². The highest BCUT2D eigenvalue weighted by Crippen LogP contribution is 2.33. The van der Waals surface area contributed by atoms with Crippen molar-refractivity contribution in [3.63, 3.8) is 0 Å². The maximum Gasteiger partial charge on any atom is 0.353 e. The van der Waals surface area contributed by atoms with Crippen LogP contribution in [0.5, 0.6) is 0 Å². The van der Waals surface area contributed by atoms with Gasteiger partial charge in [-0.1, -0.05) is 19.9 Å². The average Bonchev–Trinajstić information content (AvgIpc) is 2.85. The summed E-state index contributed by atoms with van der Waals surface area (Å²) < 4.78 is 31.7. The first-order valence-corrected chi connectivity index (χ1v) is 12.6. The summed E-state index contributed by atoms with van der Waals surface area (Å²) in [7, 11) is -3.64. The standard InChI is InChI=1S/C23H26N6O6S/c1-4-28(5-2)36(33,34)19-12-10-17(11-13-19)26-21-20(29(31)32)22(25-15-24-21)27-18-9-7-8-16(14-18)23(30)35-6-3/h7-15H,4-6H2,1-3H3,(H2,24,25,26,27). The molecule has 3 rings (SSSR count). The van der Waals surface area contributed by atoms with Crippen molar-refractivity contribution in [3.05, 3.63) is 70.5 Å². The molecule has 0 aliphatic heterocycles. The molecule has 0 saturated heterocycles. The van der Waals surface area contributed by atoms with Gasteiger partial charge in [0.1, 0.15) is 6.33 Å². The zero-order valence-corrected chi connectivity index (χ0v) is 20.8. The van der Waals surface area contributed by atoms with E-state index in [4.69, 9.17) is 4.74 Å². The lowest BCUT2D eigenvalue weighted by Crippen LogP contribution is -2.30. The Labute approximate surface area is 208 Å². The summed E-state index contributed by atoms with van der Waals surface area (Å²) in [6.07, 6.45) is 1.14. The van der Waals surface area contributed by atoms with Crippen LogP contribution in [0.1, 0.15) is 31.1 Å². The van der Waals surface area contributed by atoms with Gasteiger partial charge in [-0.3, -0.25) is 10.1 Å². The van der Waals surface area contributed by atoms with Crippen molar-refractivity contribution in [2.75, 3.05) is 30.3 Å². The van der Waals surface area contributed by atoms with Crippen molar-refractivity contribution in [1.82, 2.24) is 14.3 Å². The third-order valence-electron chi connectivity index (χ3n) is 5.10. The van der Waals surface area contributed by atoms with Gasteiger partial charge in [-0.15, -0.1) is 0 Å². The van der Waals surface area contributed by atoms with Gasteiger partial charge in [0.2, 0.25) is 21.7 Å². The van der Waals surface area contributed by atoms with Crippen LogP contribution < -0.4 is 10.6 Å². The first-order valence-electron chi connectivity index (χ1n) is 11.1. The number of sulfonamides is 1. The van der Waals surface area contributed by atoms with Gasteiger partial charge in [-0.2, -0.15) is 4.31 Å². The molecular formula is C23H26N6O6S. The molecule has 12 nitrogen and oxygen atoms in total. The lowest BCUT2D eigenvalue weighted by molar-refractivity contribution is -0.383. The molecule has 13 heteroatoms. The van der Waals surface area contributed by atoms with Crippen molar-refractivity contribution in [1.29, 1.82) is 0 Å². The molecule has 0 atom stereocenters. The van der Waals surface area contributed by atoms with Crippen molar-refractivity contribution in [2.45, 2.75) is 25.7 Å². The zero-order chi connectivity index (χ0) is 26.3. The molecular weight excluding hydrogens is 488 g/mol. The summed E-state index contributed by atoms with van der Waals surface area (Å²) in [5.41, 5.74) is 0.625. The molecule has 0 amide bonds. The molecule has 0 radical (unpaired) electrons. The Morgan fingerprint density at radius 3 is 2.17 bits per heavy atom. The molecule has 0 spiro atoms. The van der Waals surface area contributed by atoms with Crippen LogP contribution in [0.25, 0.3) is 0 Å². The summed E-state index contributed by atoms with van der Waals surface area (Å²) in [4.78, 5) is 31.3. The summed E-state index contributed by atoms with van der Waals surface area (Å²) in [5.74, 6) is -0.718. The summed E-state index contributed by atoms with van der Waals surface area (Å²) in [6, 6.07) is 12.1. The van der Waals surface area contributed by atoms with Crippen LogP contribution in [-0.4, -0.2) is 53.3 Å². The number of ether oxygens (including phenoxy) is 1. The maximum absolute atomic E-state index is 12.7. The molecule has 0 aliphatic carbocycles. The van der Waals surface area contributed by atoms with Crippen LogP contribution >= 0.6 is 0 Å².